The first-order valence-corrected chi connectivity index (χ1v) is 7.20. The van der Waals surface area contributed by atoms with E-state index < -0.39 is 0 Å². The Morgan fingerprint density at radius 3 is 2.85 bits per heavy atom. The van der Waals surface area contributed by atoms with Crippen LogP contribution in [0, 0.1) is 0 Å². The van der Waals surface area contributed by atoms with Gasteiger partial charge >= 0.3 is 0 Å². The lowest BCUT2D eigenvalue weighted by Crippen LogP contribution is -2.37. The van der Waals surface area contributed by atoms with Gasteiger partial charge in [-0.1, -0.05) is 0 Å². The highest BCUT2D eigenvalue weighted by Gasteiger charge is 2.01. The van der Waals surface area contributed by atoms with Crippen molar-refractivity contribution in [3.63, 3.8) is 0 Å². The topological polar surface area (TPSA) is 76.4 Å². The van der Waals surface area contributed by atoms with E-state index >= 15 is 0 Å². The second-order valence-electron chi connectivity index (χ2n) is 4.38. The van der Waals surface area contributed by atoms with E-state index in [0.717, 1.165) is 50.9 Å². The number of nitrogens with one attached hydrogen (secondary N) is 2. The summed E-state index contributed by atoms with van der Waals surface area (Å²) in [6.45, 7) is 7.92. The zero-order chi connectivity index (χ0) is 14.6. The minimum atomic E-state index is 0.519. The van der Waals surface area contributed by atoms with Gasteiger partial charge in [0.25, 0.3) is 0 Å². The zero-order valence-electron chi connectivity index (χ0n) is 12.7. The van der Waals surface area contributed by atoms with Gasteiger partial charge in [-0.15, -0.1) is 10.2 Å². The summed E-state index contributed by atoms with van der Waals surface area (Å²) in [7, 11) is 1.92. The third-order valence-electron chi connectivity index (χ3n) is 2.74. The predicted molar refractivity (Wildman–Crippen MR) is 79.5 cm³/mol. The lowest BCUT2D eigenvalue weighted by molar-refractivity contribution is 0.143. The highest BCUT2D eigenvalue weighted by molar-refractivity contribution is 5.79. The van der Waals surface area contributed by atoms with Gasteiger partial charge in [-0.05, 0) is 26.7 Å². The first-order chi connectivity index (χ1) is 9.77. The van der Waals surface area contributed by atoms with Crippen LogP contribution < -0.4 is 10.6 Å². The van der Waals surface area contributed by atoms with Crippen molar-refractivity contribution in [1.29, 1.82) is 0 Å². The Morgan fingerprint density at radius 1 is 1.35 bits per heavy atom. The average Bonchev–Trinajstić information content (AvgIpc) is 2.85. The number of aromatic nitrogens is 3. The number of hydrogen-bond acceptors (Lipinski definition) is 4. The molecule has 114 valence electrons. The van der Waals surface area contributed by atoms with Crippen molar-refractivity contribution in [2.24, 2.45) is 12.0 Å². The van der Waals surface area contributed by atoms with E-state index in [1.165, 1.54) is 0 Å². The molecule has 0 aliphatic rings. The number of hydrogen-bond donors (Lipinski definition) is 2. The van der Waals surface area contributed by atoms with Gasteiger partial charge in [0.2, 0.25) is 0 Å². The van der Waals surface area contributed by atoms with E-state index in [2.05, 4.69) is 32.7 Å². The summed E-state index contributed by atoms with van der Waals surface area (Å²) in [6, 6.07) is 0. The Morgan fingerprint density at radius 2 is 2.20 bits per heavy atom. The van der Waals surface area contributed by atoms with Crippen LogP contribution in [0.4, 0.5) is 0 Å². The smallest absolute Gasteiger partial charge is 0.191 e. The number of guanidine groups is 1. The van der Waals surface area contributed by atoms with Crippen molar-refractivity contribution in [3.05, 3.63) is 12.2 Å². The molecule has 0 aromatic carbocycles. The molecule has 0 atom stereocenters. The van der Waals surface area contributed by atoms with Gasteiger partial charge < -0.3 is 19.9 Å². The SMILES string of the molecule is CCNC(=NCc1nncn1C)NCCCCOCC. The normalized spacial score (nSPS) is 11.7. The van der Waals surface area contributed by atoms with E-state index in [-0.39, 0.29) is 0 Å². The molecule has 1 rings (SSSR count). The van der Waals surface area contributed by atoms with E-state index in [4.69, 9.17) is 4.74 Å². The molecule has 7 nitrogen and oxygen atoms in total. The molecule has 0 radical (unpaired) electrons. The summed E-state index contributed by atoms with van der Waals surface area (Å²) < 4.78 is 7.18. The number of unbranched alkanes of at least 4 members (excludes halogenated alkanes) is 1. The fraction of sp³-hybridized carbons (Fsp3) is 0.769. The summed E-state index contributed by atoms with van der Waals surface area (Å²) in [5.41, 5.74) is 0. The van der Waals surface area contributed by atoms with E-state index in [0.29, 0.717) is 6.54 Å². The number of aryl methyl sites for hydroxylation is 1. The van der Waals surface area contributed by atoms with Crippen LogP contribution in [0.1, 0.15) is 32.5 Å². The fourth-order valence-corrected chi connectivity index (χ4v) is 1.62. The standard InChI is InChI=1S/C13H26N6O/c1-4-14-13(15-8-6-7-9-20-5-2)16-10-12-18-17-11-19(12)3/h11H,4-10H2,1-3H3,(H2,14,15,16). The fourth-order valence-electron chi connectivity index (χ4n) is 1.62. The van der Waals surface area contributed by atoms with Crippen molar-refractivity contribution in [2.75, 3.05) is 26.3 Å². The van der Waals surface area contributed by atoms with Crippen LogP contribution in [0.15, 0.2) is 11.3 Å². The first kappa shape index (κ1) is 16.4. The van der Waals surface area contributed by atoms with Crippen LogP contribution in [-0.2, 0) is 18.3 Å². The third kappa shape index (κ3) is 6.51. The van der Waals surface area contributed by atoms with Crippen LogP contribution in [-0.4, -0.2) is 47.0 Å². The number of ether oxygens (including phenoxy) is 1. The summed E-state index contributed by atoms with van der Waals surface area (Å²) >= 11 is 0. The Hall–Kier alpha value is -1.63. The van der Waals surface area contributed by atoms with E-state index in [1.54, 1.807) is 6.33 Å². The largest absolute Gasteiger partial charge is 0.382 e. The quantitative estimate of drug-likeness (QED) is 0.396. The summed E-state index contributed by atoms with van der Waals surface area (Å²) in [4.78, 5) is 4.49. The molecular formula is C13H26N6O. The zero-order valence-corrected chi connectivity index (χ0v) is 12.7. The van der Waals surface area contributed by atoms with Crippen LogP contribution >= 0.6 is 0 Å². The highest BCUT2D eigenvalue weighted by atomic mass is 16.5. The van der Waals surface area contributed by atoms with Crippen molar-refractivity contribution in [3.8, 4) is 0 Å². The number of aliphatic imine (C=N–C) groups is 1. The second-order valence-corrected chi connectivity index (χ2v) is 4.38. The molecule has 0 saturated heterocycles. The Kier molecular flexibility index (Phi) is 8.37. The molecule has 0 spiro atoms. The Labute approximate surface area is 120 Å². The molecule has 1 aromatic rings. The van der Waals surface area contributed by atoms with Gasteiger partial charge in [0.05, 0.1) is 0 Å². The van der Waals surface area contributed by atoms with Gasteiger partial charge in [0.1, 0.15) is 12.9 Å². The molecule has 20 heavy (non-hydrogen) atoms. The van der Waals surface area contributed by atoms with Gasteiger partial charge in [0, 0.05) is 33.4 Å². The first-order valence-electron chi connectivity index (χ1n) is 7.20. The van der Waals surface area contributed by atoms with Crippen molar-refractivity contribution >= 4 is 5.96 Å². The van der Waals surface area contributed by atoms with Gasteiger partial charge in [0.15, 0.2) is 11.8 Å². The van der Waals surface area contributed by atoms with Gasteiger partial charge in [-0.3, -0.25) is 0 Å². The van der Waals surface area contributed by atoms with Gasteiger partial charge in [-0.2, -0.15) is 0 Å². The van der Waals surface area contributed by atoms with Crippen molar-refractivity contribution in [2.45, 2.75) is 33.2 Å². The second kappa shape index (κ2) is 10.2. The molecule has 0 aliphatic carbocycles. The molecule has 1 aromatic heterocycles. The maximum absolute atomic E-state index is 5.31. The monoisotopic (exact) mass is 282 g/mol. The molecule has 7 heteroatoms. The maximum atomic E-state index is 5.31. The maximum Gasteiger partial charge on any atom is 0.191 e. The third-order valence-corrected chi connectivity index (χ3v) is 2.74. The lowest BCUT2D eigenvalue weighted by Gasteiger charge is -2.11. The number of nitrogens with zero attached hydrogens (tertiary/aromatic N) is 4. The lowest BCUT2D eigenvalue weighted by atomic mass is 10.3. The van der Waals surface area contributed by atoms with E-state index in [9.17, 15) is 0 Å². The number of rotatable bonds is 9. The van der Waals surface area contributed by atoms with Crippen molar-refractivity contribution in [1.82, 2.24) is 25.4 Å². The van der Waals surface area contributed by atoms with Gasteiger partial charge in [-0.25, -0.2) is 4.99 Å². The molecule has 0 saturated carbocycles. The van der Waals surface area contributed by atoms with Crippen molar-refractivity contribution < 1.29 is 4.74 Å². The minimum Gasteiger partial charge on any atom is -0.382 e. The summed E-state index contributed by atoms with van der Waals surface area (Å²) in [6.07, 6.45) is 3.80. The molecule has 2 N–H and O–H groups in total. The molecule has 1 heterocycles. The van der Waals surface area contributed by atoms with Crippen LogP contribution in [0.25, 0.3) is 0 Å². The highest BCUT2D eigenvalue weighted by Crippen LogP contribution is 1.94. The Balaban J connectivity index is 2.30. The summed E-state index contributed by atoms with van der Waals surface area (Å²) in [5.74, 6) is 1.66. The van der Waals surface area contributed by atoms with E-state index in [1.807, 2.05) is 18.5 Å². The van der Waals surface area contributed by atoms with Crippen LogP contribution in [0.5, 0.6) is 0 Å². The predicted octanol–water partition coefficient (Wildman–Crippen LogP) is 0.687. The average molecular weight is 282 g/mol. The van der Waals surface area contributed by atoms with Crippen LogP contribution in [0.2, 0.25) is 0 Å². The Bertz CT molecular complexity index is 390. The molecule has 0 unspecified atom stereocenters. The minimum absolute atomic E-state index is 0.519. The molecular weight excluding hydrogens is 256 g/mol. The molecule has 0 fully saturated rings. The summed E-state index contributed by atoms with van der Waals surface area (Å²) in [5, 5.41) is 14.4. The van der Waals surface area contributed by atoms with Crippen LogP contribution in [0.3, 0.4) is 0 Å². The molecule has 0 bridgehead atoms. The molecule has 0 aliphatic heterocycles. The molecule has 0 amide bonds.